The van der Waals surface area contributed by atoms with Crippen LogP contribution in [0.15, 0.2) is 192 Å². The molecular weight excluding hydrogens is 583 g/mol. The SMILES string of the molecule is c1ccc(-c2ccc(-c3ccc4ccccc4c3)cc2N(c2ccccc2)c2ccc(-c3ccc4c(c3)oc3ccccc34)cc2)cc1. The van der Waals surface area contributed by atoms with Crippen LogP contribution in [-0.4, -0.2) is 0 Å². The number of hydrogen-bond acceptors (Lipinski definition) is 2. The Balaban J connectivity index is 1.18. The smallest absolute Gasteiger partial charge is 0.136 e. The first-order valence-corrected chi connectivity index (χ1v) is 16.3. The van der Waals surface area contributed by atoms with Crippen molar-refractivity contribution in [2.45, 2.75) is 0 Å². The molecule has 2 nitrogen and oxygen atoms in total. The highest BCUT2D eigenvalue weighted by Gasteiger charge is 2.19. The zero-order valence-corrected chi connectivity index (χ0v) is 26.3. The van der Waals surface area contributed by atoms with Crippen molar-refractivity contribution in [1.82, 2.24) is 0 Å². The first kappa shape index (κ1) is 27.9. The van der Waals surface area contributed by atoms with Crippen molar-refractivity contribution >= 4 is 49.8 Å². The lowest BCUT2D eigenvalue weighted by Crippen LogP contribution is -2.11. The van der Waals surface area contributed by atoms with E-state index in [1.165, 1.54) is 33.0 Å². The Bertz CT molecular complexity index is 2550. The molecule has 0 radical (unpaired) electrons. The van der Waals surface area contributed by atoms with E-state index < -0.39 is 0 Å². The highest BCUT2D eigenvalue weighted by Crippen LogP contribution is 2.43. The molecular formula is C46H31NO. The molecule has 9 rings (SSSR count). The van der Waals surface area contributed by atoms with Gasteiger partial charge in [0.25, 0.3) is 0 Å². The second-order valence-electron chi connectivity index (χ2n) is 12.2. The molecule has 0 spiro atoms. The lowest BCUT2D eigenvalue weighted by atomic mass is 9.95. The van der Waals surface area contributed by atoms with Gasteiger partial charge in [-0.2, -0.15) is 0 Å². The Kier molecular flexibility index (Phi) is 6.84. The van der Waals surface area contributed by atoms with Crippen LogP contribution in [0.3, 0.4) is 0 Å². The summed E-state index contributed by atoms with van der Waals surface area (Å²) in [4.78, 5) is 2.37. The Morgan fingerprint density at radius 1 is 0.333 bits per heavy atom. The number of anilines is 3. The minimum atomic E-state index is 0.904. The number of benzene rings is 8. The first-order valence-electron chi connectivity index (χ1n) is 16.3. The fourth-order valence-corrected chi connectivity index (χ4v) is 6.84. The third-order valence-corrected chi connectivity index (χ3v) is 9.26. The molecule has 9 aromatic rings. The summed E-state index contributed by atoms with van der Waals surface area (Å²) in [5.74, 6) is 0. The number of para-hydroxylation sites is 2. The fourth-order valence-electron chi connectivity index (χ4n) is 6.84. The third kappa shape index (κ3) is 5.01. The molecule has 2 heteroatoms. The topological polar surface area (TPSA) is 16.4 Å². The van der Waals surface area contributed by atoms with E-state index >= 15 is 0 Å². The van der Waals surface area contributed by atoms with Crippen LogP contribution < -0.4 is 4.90 Å². The average Bonchev–Trinajstić information content (AvgIpc) is 3.54. The van der Waals surface area contributed by atoms with Crippen LogP contribution in [0.2, 0.25) is 0 Å². The molecule has 0 aliphatic heterocycles. The number of nitrogens with zero attached hydrogens (tertiary/aromatic N) is 1. The molecule has 0 amide bonds. The van der Waals surface area contributed by atoms with Gasteiger partial charge in [0.1, 0.15) is 11.2 Å². The van der Waals surface area contributed by atoms with Gasteiger partial charge in [0.2, 0.25) is 0 Å². The van der Waals surface area contributed by atoms with Crippen LogP contribution in [0.1, 0.15) is 0 Å². The van der Waals surface area contributed by atoms with Gasteiger partial charge < -0.3 is 9.32 Å². The van der Waals surface area contributed by atoms with Crippen molar-refractivity contribution in [2.75, 3.05) is 4.90 Å². The molecule has 1 heterocycles. The zero-order chi connectivity index (χ0) is 31.9. The summed E-state index contributed by atoms with van der Waals surface area (Å²) in [5, 5.41) is 4.77. The van der Waals surface area contributed by atoms with E-state index in [0.29, 0.717) is 0 Å². The van der Waals surface area contributed by atoms with Crippen LogP contribution in [0.25, 0.3) is 66.1 Å². The minimum absolute atomic E-state index is 0.904. The molecule has 0 saturated heterocycles. The monoisotopic (exact) mass is 613 g/mol. The highest BCUT2D eigenvalue weighted by atomic mass is 16.3. The van der Waals surface area contributed by atoms with Gasteiger partial charge in [0, 0.05) is 27.7 Å². The lowest BCUT2D eigenvalue weighted by Gasteiger charge is -2.28. The molecule has 226 valence electrons. The maximum atomic E-state index is 6.21. The van der Waals surface area contributed by atoms with Gasteiger partial charge in [-0.1, -0.05) is 133 Å². The highest BCUT2D eigenvalue weighted by molar-refractivity contribution is 6.06. The molecule has 1 aromatic heterocycles. The number of hydrogen-bond donors (Lipinski definition) is 0. The van der Waals surface area contributed by atoms with Gasteiger partial charge in [-0.15, -0.1) is 0 Å². The number of furan rings is 1. The van der Waals surface area contributed by atoms with Crippen LogP contribution >= 0.6 is 0 Å². The molecule has 8 aromatic carbocycles. The molecule has 0 aliphatic carbocycles. The van der Waals surface area contributed by atoms with Crippen LogP contribution in [-0.2, 0) is 0 Å². The van der Waals surface area contributed by atoms with E-state index in [9.17, 15) is 0 Å². The second kappa shape index (κ2) is 11.8. The van der Waals surface area contributed by atoms with Gasteiger partial charge in [-0.25, -0.2) is 0 Å². The summed E-state index contributed by atoms with van der Waals surface area (Å²) in [7, 11) is 0. The van der Waals surface area contributed by atoms with Crippen LogP contribution in [0.5, 0.6) is 0 Å². The molecule has 0 saturated carbocycles. The van der Waals surface area contributed by atoms with Crippen molar-refractivity contribution in [2.24, 2.45) is 0 Å². The van der Waals surface area contributed by atoms with E-state index in [0.717, 1.165) is 50.1 Å². The third-order valence-electron chi connectivity index (χ3n) is 9.26. The summed E-state index contributed by atoms with van der Waals surface area (Å²) in [5.41, 5.74) is 12.1. The predicted octanol–water partition coefficient (Wildman–Crippen LogP) is 13.2. The Labute approximate surface area is 279 Å². The van der Waals surface area contributed by atoms with E-state index in [1.807, 2.05) is 12.1 Å². The van der Waals surface area contributed by atoms with E-state index in [4.69, 9.17) is 4.42 Å². The van der Waals surface area contributed by atoms with Gasteiger partial charge in [-0.3, -0.25) is 0 Å². The van der Waals surface area contributed by atoms with Crippen molar-refractivity contribution < 1.29 is 4.42 Å². The van der Waals surface area contributed by atoms with Gasteiger partial charge in [-0.05, 0) is 93.2 Å². The zero-order valence-electron chi connectivity index (χ0n) is 26.3. The van der Waals surface area contributed by atoms with Crippen molar-refractivity contribution in [3.05, 3.63) is 188 Å². The molecule has 0 unspecified atom stereocenters. The van der Waals surface area contributed by atoms with E-state index in [-0.39, 0.29) is 0 Å². The molecule has 0 bridgehead atoms. The van der Waals surface area contributed by atoms with Crippen molar-refractivity contribution in [3.63, 3.8) is 0 Å². The van der Waals surface area contributed by atoms with Crippen LogP contribution in [0, 0.1) is 0 Å². The Morgan fingerprint density at radius 2 is 0.917 bits per heavy atom. The summed E-state index contributed by atoms with van der Waals surface area (Å²) < 4.78 is 6.21. The van der Waals surface area contributed by atoms with E-state index in [1.54, 1.807) is 0 Å². The number of rotatable bonds is 6. The fraction of sp³-hybridized carbons (Fsp3) is 0. The van der Waals surface area contributed by atoms with Crippen molar-refractivity contribution in [3.8, 4) is 33.4 Å². The summed E-state index contributed by atoms with van der Waals surface area (Å²) in [6, 6.07) is 67.0. The van der Waals surface area contributed by atoms with Gasteiger partial charge in [0.05, 0.1) is 5.69 Å². The lowest BCUT2D eigenvalue weighted by molar-refractivity contribution is 0.669. The molecule has 0 aliphatic rings. The number of fused-ring (bicyclic) bond motifs is 4. The second-order valence-corrected chi connectivity index (χ2v) is 12.2. The average molecular weight is 614 g/mol. The Morgan fingerprint density at radius 3 is 1.75 bits per heavy atom. The largest absolute Gasteiger partial charge is 0.456 e. The molecule has 0 N–H and O–H groups in total. The molecule has 0 fully saturated rings. The summed E-state index contributed by atoms with van der Waals surface area (Å²) in [6.45, 7) is 0. The van der Waals surface area contributed by atoms with Crippen molar-refractivity contribution in [1.29, 1.82) is 0 Å². The normalized spacial score (nSPS) is 11.3. The summed E-state index contributed by atoms with van der Waals surface area (Å²) in [6.07, 6.45) is 0. The molecule has 48 heavy (non-hydrogen) atoms. The minimum Gasteiger partial charge on any atom is -0.456 e. The quantitative estimate of drug-likeness (QED) is 0.185. The van der Waals surface area contributed by atoms with Gasteiger partial charge in [0.15, 0.2) is 0 Å². The first-order chi connectivity index (χ1) is 23.8. The Hall–Kier alpha value is -6.38. The maximum absolute atomic E-state index is 6.21. The molecule has 0 atom stereocenters. The van der Waals surface area contributed by atoms with E-state index in [2.05, 4.69) is 181 Å². The summed E-state index contributed by atoms with van der Waals surface area (Å²) >= 11 is 0. The maximum Gasteiger partial charge on any atom is 0.136 e. The standard InChI is InChI=1S/C46H31NO/c1-3-12-34(13-4-1)41-27-23-37(36-20-19-32-11-7-8-14-35(32)29-36)30-44(41)47(39-15-5-2-6-16-39)40-25-21-33(22-26-40)38-24-28-43-42-17-9-10-18-45(42)48-46(43)31-38/h1-31H. The predicted molar refractivity (Wildman–Crippen MR) is 202 cm³/mol. The van der Waals surface area contributed by atoms with Crippen LogP contribution in [0.4, 0.5) is 17.1 Å². The van der Waals surface area contributed by atoms with Gasteiger partial charge >= 0.3 is 0 Å².